The standard InChI is InChI=1S/C22H28N2O2/c1-6-15(2)23-20(25)16-7-9-17(10-8-16)21(26)24-19-13-11-18(12-14-19)22(3,4)5/h7-15H,6H2,1-5H3,(H,23,25)(H,24,26). The summed E-state index contributed by atoms with van der Waals surface area (Å²) in [6.45, 7) is 10.4. The number of amides is 2. The van der Waals surface area contributed by atoms with E-state index in [9.17, 15) is 9.59 Å². The van der Waals surface area contributed by atoms with Crippen molar-refractivity contribution in [2.24, 2.45) is 0 Å². The smallest absolute Gasteiger partial charge is 0.255 e. The predicted molar refractivity (Wildman–Crippen MR) is 107 cm³/mol. The summed E-state index contributed by atoms with van der Waals surface area (Å²) in [5, 5.41) is 5.80. The Balaban J connectivity index is 2.03. The summed E-state index contributed by atoms with van der Waals surface area (Å²) in [6.07, 6.45) is 0.875. The highest BCUT2D eigenvalue weighted by atomic mass is 16.2. The monoisotopic (exact) mass is 352 g/mol. The first-order valence-electron chi connectivity index (χ1n) is 9.03. The number of carbonyl (C=O) groups is 2. The molecule has 2 rings (SSSR count). The molecule has 0 radical (unpaired) electrons. The molecule has 0 heterocycles. The van der Waals surface area contributed by atoms with Gasteiger partial charge in [0.25, 0.3) is 11.8 Å². The Morgan fingerprint density at radius 1 is 0.885 bits per heavy atom. The van der Waals surface area contributed by atoms with E-state index in [0.717, 1.165) is 12.1 Å². The number of anilines is 1. The lowest BCUT2D eigenvalue weighted by Crippen LogP contribution is -2.31. The molecule has 0 aliphatic heterocycles. The quantitative estimate of drug-likeness (QED) is 0.815. The van der Waals surface area contributed by atoms with Gasteiger partial charge in [0.1, 0.15) is 0 Å². The molecule has 2 aromatic carbocycles. The van der Waals surface area contributed by atoms with Gasteiger partial charge in [-0.25, -0.2) is 0 Å². The molecule has 0 saturated heterocycles. The number of hydrogen-bond donors (Lipinski definition) is 2. The molecule has 0 aliphatic rings. The molecule has 0 spiro atoms. The SMILES string of the molecule is CCC(C)NC(=O)c1ccc(C(=O)Nc2ccc(C(C)(C)C)cc2)cc1. The molecule has 0 bridgehead atoms. The zero-order chi connectivity index (χ0) is 19.3. The van der Waals surface area contributed by atoms with Crippen LogP contribution in [-0.2, 0) is 5.41 Å². The van der Waals surface area contributed by atoms with Crippen molar-refractivity contribution in [3.05, 3.63) is 65.2 Å². The van der Waals surface area contributed by atoms with E-state index in [4.69, 9.17) is 0 Å². The number of rotatable bonds is 5. The van der Waals surface area contributed by atoms with Crippen LogP contribution in [0.25, 0.3) is 0 Å². The topological polar surface area (TPSA) is 58.2 Å². The van der Waals surface area contributed by atoms with Crippen LogP contribution in [0, 0.1) is 0 Å². The summed E-state index contributed by atoms with van der Waals surface area (Å²) in [5.41, 5.74) is 3.11. The minimum atomic E-state index is -0.192. The van der Waals surface area contributed by atoms with Crippen molar-refractivity contribution in [2.45, 2.75) is 52.5 Å². The van der Waals surface area contributed by atoms with Gasteiger partial charge in [-0.15, -0.1) is 0 Å². The van der Waals surface area contributed by atoms with Crippen molar-refractivity contribution in [1.29, 1.82) is 0 Å². The van der Waals surface area contributed by atoms with Gasteiger partial charge in [-0.1, -0.05) is 39.8 Å². The van der Waals surface area contributed by atoms with Gasteiger partial charge in [-0.3, -0.25) is 9.59 Å². The van der Waals surface area contributed by atoms with Crippen molar-refractivity contribution in [3.8, 4) is 0 Å². The molecule has 2 aromatic rings. The summed E-state index contributed by atoms with van der Waals surface area (Å²) in [5.74, 6) is -0.313. The first-order valence-corrected chi connectivity index (χ1v) is 9.03. The van der Waals surface area contributed by atoms with Gasteiger partial charge in [0.15, 0.2) is 0 Å². The normalized spacial score (nSPS) is 12.3. The van der Waals surface area contributed by atoms with E-state index in [1.807, 2.05) is 38.1 Å². The average Bonchev–Trinajstić information content (AvgIpc) is 2.61. The fourth-order valence-electron chi connectivity index (χ4n) is 2.44. The predicted octanol–water partition coefficient (Wildman–Crippen LogP) is 4.76. The third kappa shape index (κ3) is 5.19. The molecule has 2 amide bonds. The molecule has 4 nitrogen and oxygen atoms in total. The number of carbonyl (C=O) groups excluding carboxylic acids is 2. The fourth-order valence-corrected chi connectivity index (χ4v) is 2.44. The molecule has 138 valence electrons. The maximum Gasteiger partial charge on any atom is 0.255 e. The van der Waals surface area contributed by atoms with Gasteiger partial charge in [0.05, 0.1) is 0 Å². The van der Waals surface area contributed by atoms with Crippen LogP contribution in [0.5, 0.6) is 0 Å². The van der Waals surface area contributed by atoms with Gasteiger partial charge in [0.2, 0.25) is 0 Å². The molecule has 0 aromatic heterocycles. The Labute approximate surface area is 156 Å². The van der Waals surface area contributed by atoms with Crippen molar-refractivity contribution in [1.82, 2.24) is 5.32 Å². The van der Waals surface area contributed by atoms with Gasteiger partial charge >= 0.3 is 0 Å². The second-order valence-corrected chi connectivity index (χ2v) is 7.64. The summed E-state index contributed by atoms with van der Waals surface area (Å²) in [7, 11) is 0. The second-order valence-electron chi connectivity index (χ2n) is 7.64. The lowest BCUT2D eigenvalue weighted by atomic mass is 9.87. The van der Waals surface area contributed by atoms with Crippen LogP contribution in [-0.4, -0.2) is 17.9 Å². The van der Waals surface area contributed by atoms with E-state index in [2.05, 4.69) is 31.4 Å². The van der Waals surface area contributed by atoms with Crippen LogP contribution in [0.4, 0.5) is 5.69 Å². The minimum Gasteiger partial charge on any atom is -0.350 e. The van der Waals surface area contributed by atoms with Crippen LogP contribution in [0.1, 0.15) is 67.3 Å². The average molecular weight is 352 g/mol. The van der Waals surface area contributed by atoms with E-state index >= 15 is 0 Å². The molecule has 2 N–H and O–H groups in total. The third-order valence-corrected chi connectivity index (χ3v) is 4.41. The largest absolute Gasteiger partial charge is 0.350 e. The van der Waals surface area contributed by atoms with Crippen molar-refractivity contribution < 1.29 is 9.59 Å². The highest BCUT2D eigenvalue weighted by molar-refractivity contribution is 6.05. The Morgan fingerprint density at radius 2 is 1.38 bits per heavy atom. The Bertz CT molecular complexity index is 756. The zero-order valence-corrected chi connectivity index (χ0v) is 16.2. The summed E-state index contributed by atoms with van der Waals surface area (Å²) in [6, 6.07) is 14.7. The molecule has 1 unspecified atom stereocenters. The summed E-state index contributed by atoms with van der Waals surface area (Å²) >= 11 is 0. The molecule has 0 saturated carbocycles. The highest BCUT2D eigenvalue weighted by Crippen LogP contribution is 2.23. The van der Waals surface area contributed by atoms with Crippen LogP contribution in [0.15, 0.2) is 48.5 Å². The molecular formula is C22H28N2O2. The van der Waals surface area contributed by atoms with Gasteiger partial charge in [0, 0.05) is 22.9 Å². The number of hydrogen-bond acceptors (Lipinski definition) is 2. The van der Waals surface area contributed by atoms with Crippen LogP contribution < -0.4 is 10.6 Å². The Morgan fingerprint density at radius 3 is 1.85 bits per heavy atom. The van der Waals surface area contributed by atoms with E-state index in [0.29, 0.717) is 11.1 Å². The third-order valence-electron chi connectivity index (χ3n) is 4.41. The van der Waals surface area contributed by atoms with Crippen molar-refractivity contribution in [2.75, 3.05) is 5.32 Å². The summed E-state index contributed by atoms with van der Waals surface area (Å²) < 4.78 is 0. The van der Waals surface area contributed by atoms with Crippen LogP contribution in [0.3, 0.4) is 0 Å². The second kappa shape index (κ2) is 8.17. The Kier molecular flexibility index (Phi) is 6.19. The molecule has 1 atom stereocenters. The van der Waals surface area contributed by atoms with Gasteiger partial charge in [-0.2, -0.15) is 0 Å². The molecule has 0 aliphatic carbocycles. The summed E-state index contributed by atoms with van der Waals surface area (Å²) in [4.78, 5) is 24.5. The number of benzene rings is 2. The maximum absolute atomic E-state index is 12.4. The van der Waals surface area contributed by atoms with Crippen LogP contribution >= 0.6 is 0 Å². The minimum absolute atomic E-state index is 0.0776. The Hall–Kier alpha value is -2.62. The van der Waals surface area contributed by atoms with E-state index in [1.54, 1.807) is 24.3 Å². The fraction of sp³-hybridized carbons (Fsp3) is 0.364. The van der Waals surface area contributed by atoms with Gasteiger partial charge < -0.3 is 10.6 Å². The molecule has 0 fully saturated rings. The number of nitrogens with one attached hydrogen (secondary N) is 2. The first kappa shape index (κ1) is 19.7. The van der Waals surface area contributed by atoms with Crippen LogP contribution in [0.2, 0.25) is 0 Å². The lowest BCUT2D eigenvalue weighted by molar-refractivity contribution is 0.0937. The van der Waals surface area contributed by atoms with Gasteiger partial charge in [-0.05, 0) is 60.7 Å². The molecule has 4 heteroatoms. The van der Waals surface area contributed by atoms with Crippen molar-refractivity contribution in [3.63, 3.8) is 0 Å². The lowest BCUT2D eigenvalue weighted by Gasteiger charge is -2.19. The van der Waals surface area contributed by atoms with E-state index in [-0.39, 0.29) is 23.3 Å². The van der Waals surface area contributed by atoms with Crippen molar-refractivity contribution >= 4 is 17.5 Å². The zero-order valence-electron chi connectivity index (χ0n) is 16.2. The molecular weight excluding hydrogens is 324 g/mol. The highest BCUT2D eigenvalue weighted by Gasteiger charge is 2.14. The molecule has 26 heavy (non-hydrogen) atoms. The first-order chi connectivity index (χ1) is 12.2. The maximum atomic E-state index is 12.4. The van der Waals surface area contributed by atoms with E-state index in [1.165, 1.54) is 5.56 Å². The van der Waals surface area contributed by atoms with E-state index < -0.39 is 0 Å².